The van der Waals surface area contributed by atoms with E-state index < -0.39 is 16.2 Å². The number of anilines is 1. The molecule has 0 spiro atoms. The lowest BCUT2D eigenvalue weighted by Crippen LogP contribution is -2.44. The van der Waals surface area contributed by atoms with Crippen LogP contribution in [0.5, 0.6) is 0 Å². The molecule has 0 fully saturated rings. The number of hydrogen-bond acceptors (Lipinski definition) is 6. The van der Waals surface area contributed by atoms with Gasteiger partial charge in [-0.2, -0.15) is 0 Å². The molecular weight excluding hydrogens is 430 g/mol. The number of benzene rings is 2. The minimum atomic E-state index is -3.50. The molecule has 3 aromatic rings. The Balaban J connectivity index is 1.64. The summed E-state index contributed by atoms with van der Waals surface area (Å²) in [5, 5.41) is 3.38. The molecule has 1 N–H and O–H groups in total. The number of carbonyl (C=O) groups excluding carboxylic acids is 1. The summed E-state index contributed by atoms with van der Waals surface area (Å²) in [7, 11) is 1.08. The van der Waals surface area contributed by atoms with Crippen molar-refractivity contribution in [2.75, 3.05) is 39.7 Å². The Hall–Kier alpha value is -3.14. The highest BCUT2D eigenvalue weighted by Crippen LogP contribution is 2.35. The zero-order valence-corrected chi connectivity index (χ0v) is 18.9. The van der Waals surface area contributed by atoms with Crippen LogP contribution in [0.3, 0.4) is 0 Å². The standard InChI is InChI=1S/C23H25N3O5S/c1-25(2)32(28,29)17-10-8-16(9-11-17)20-12-13-21(31-20)22-24-19-7-5-4-6-18(19)23(27)26(22)14-15-30-3/h4-13,22,24H,14-15H2,1-3H3. The number of sulfonamides is 1. The average molecular weight is 456 g/mol. The van der Waals surface area contributed by atoms with Crippen molar-refractivity contribution in [1.29, 1.82) is 0 Å². The van der Waals surface area contributed by atoms with E-state index in [1.807, 2.05) is 30.3 Å². The third-order valence-electron chi connectivity index (χ3n) is 5.37. The van der Waals surface area contributed by atoms with Gasteiger partial charge in [0.2, 0.25) is 10.0 Å². The first-order valence-corrected chi connectivity index (χ1v) is 11.5. The molecule has 1 atom stereocenters. The second kappa shape index (κ2) is 8.78. The number of rotatable bonds is 7. The molecular formula is C23H25N3O5S. The summed E-state index contributed by atoms with van der Waals surface area (Å²) in [5.41, 5.74) is 2.08. The van der Waals surface area contributed by atoms with Crippen LogP contribution in [0.1, 0.15) is 22.3 Å². The molecule has 0 aliphatic carbocycles. The Morgan fingerprint density at radius 1 is 1.06 bits per heavy atom. The molecule has 1 aliphatic rings. The van der Waals surface area contributed by atoms with Crippen molar-refractivity contribution in [3.63, 3.8) is 0 Å². The maximum Gasteiger partial charge on any atom is 0.258 e. The van der Waals surface area contributed by atoms with Crippen molar-refractivity contribution < 1.29 is 22.4 Å². The Bertz CT molecular complexity index is 1220. The number of nitrogens with zero attached hydrogens (tertiary/aromatic N) is 2. The average Bonchev–Trinajstić information content (AvgIpc) is 3.28. The number of fused-ring (bicyclic) bond motifs is 1. The Morgan fingerprint density at radius 3 is 2.47 bits per heavy atom. The number of para-hydroxylation sites is 1. The van der Waals surface area contributed by atoms with E-state index in [9.17, 15) is 13.2 Å². The molecule has 1 aromatic heterocycles. The van der Waals surface area contributed by atoms with Crippen LogP contribution in [0.25, 0.3) is 11.3 Å². The van der Waals surface area contributed by atoms with Crippen LogP contribution in [0.15, 0.2) is 70.0 Å². The monoisotopic (exact) mass is 455 g/mol. The van der Waals surface area contributed by atoms with Gasteiger partial charge >= 0.3 is 0 Å². The van der Waals surface area contributed by atoms with Crippen molar-refractivity contribution in [3.8, 4) is 11.3 Å². The number of amides is 1. The molecule has 2 heterocycles. The molecule has 0 saturated carbocycles. The molecule has 32 heavy (non-hydrogen) atoms. The summed E-state index contributed by atoms with van der Waals surface area (Å²) in [5.74, 6) is 1.05. The van der Waals surface area contributed by atoms with Gasteiger partial charge < -0.3 is 19.4 Å². The van der Waals surface area contributed by atoms with Crippen molar-refractivity contribution in [3.05, 3.63) is 72.0 Å². The molecule has 0 radical (unpaired) electrons. The largest absolute Gasteiger partial charge is 0.457 e. The van der Waals surface area contributed by atoms with Gasteiger partial charge in [-0.15, -0.1) is 0 Å². The van der Waals surface area contributed by atoms with E-state index in [4.69, 9.17) is 9.15 Å². The molecule has 1 aliphatic heterocycles. The van der Waals surface area contributed by atoms with Crippen molar-refractivity contribution >= 4 is 21.6 Å². The number of nitrogens with one attached hydrogen (secondary N) is 1. The zero-order chi connectivity index (χ0) is 22.9. The maximum absolute atomic E-state index is 13.1. The zero-order valence-electron chi connectivity index (χ0n) is 18.1. The maximum atomic E-state index is 13.1. The van der Waals surface area contributed by atoms with E-state index in [0.29, 0.717) is 30.2 Å². The van der Waals surface area contributed by atoms with Gasteiger partial charge in [0.1, 0.15) is 11.5 Å². The molecule has 8 nitrogen and oxygen atoms in total. The molecule has 2 aromatic carbocycles. The Labute approximate surface area is 187 Å². The minimum Gasteiger partial charge on any atom is -0.457 e. The van der Waals surface area contributed by atoms with Crippen LogP contribution < -0.4 is 5.32 Å². The van der Waals surface area contributed by atoms with Crippen LogP contribution in [0.2, 0.25) is 0 Å². The fourth-order valence-electron chi connectivity index (χ4n) is 3.59. The number of hydrogen-bond donors (Lipinski definition) is 1. The number of methoxy groups -OCH3 is 1. The predicted molar refractivity (Wildman–Crippen MR) is 121 cm³/mol. The van der Waals surface area contributed by atoms with Gasteiger partial charge in [-0.1, -0.05) is 12.1 Å². The normalized spacial score (nSPS) is 16.2. The Kier molecular flexibility index (Phi) is 6.05. The summed E-state index contributed by atoms with van der Waals surface area (Å²) < 4.78 is 37.0. The van der Waals surface area contributed by atoms with Crippen molar-refractivity contribution in [2.45, 2.75) is 11.1 Å². The van der Waals surface area contributed by atoms with Crippen LogP contribution in [-0.2, 0) is 14.8 Å². The van der Waals surface area contributed by atoms with Gasteiger partial charge in [0, 0.05) is 39.0 Å². The molecule has 168 valence electrons. The quantitative estimate of drug-likeness (QED) is 0.587. The van der Waals surface area contributed by atoms with Gasteiger partial charge in [0.05, 0.1) is 17.1 Å². The number of carbonyl (C=O) groups is 1. The van der Waals surface area contributed by atoms with E-state index in [1.54, 1.807) is 42.3 Å². The van der Waals surface area contributed by atoms with E-state index in [-0.39, 0.29) is 10.8 Å². The topological polar surface area (TPSA) is 92.1 Å². The van der Waals surface area contributed by atoms with Gasteiger partial charge in [-0.3, -0.25) is 4.79 Å². The summed E-state index contributed by atoms with van der Waals surface area (Å²) in [4.78, 5) is 15.0. The van der Waals surface area contributed by atoms with Crippen molar-refractivity contribution in [1.82, 2.24) is 9.21 Å². The first kappa shape index (κ1) is 22.1. The third kappa shape index (κ3) is 4.02. The summed E-state index contributed by atoms with van der Waals surface area (Å²) in [6.07, 6.45) is -0.491. The highest BCUT2D eigenvalue weighted by molar-refractivity contribution is 7.89. The van der Waals surface area contributed by atoms with E-state index in [2.05, 4.69) is 5.32 Å². The molecule has 1 unspecified atom stereocenters. The van der Waals surface area contributed by atoms with Crippen molar-refractivity contribution in [2.24, 2.45) is 0 Å². The van der Waals surface area contributed by atoms with E-state index in [1.165, 1.54) is 18.4 Å². The lowest BCUT2D eigenvalue weighted by atomic mass is 10.1. The molecule has 4 rings (SSSR count). The van der Waals surface area contributed by atoms with E-state index in [0.717, 1.165) is 11.3 Å². The van der Waals surface area contributed by atoms with Gasteiger partial charge in [-0.05, 0) is 48.5 Å². The minimum absolute atomic E-state index is 0.0994. The fraction of sp³-hybridized carbons (Fsp3) is 0.261. The number of furan rings is 1. The van der Waals surface area contributed by atoms with Crippen LogP contribution in [0.4, 0.5) is 5.69 Å². The van der Waals surface area contributed by atoms with Gasteiger partial charge in [0.15, 0.2) is 6.17 Å². The predicted octanol–water partition coefficient (Wildman–Crippen LogP) is 3.41. The van der Waals surface area contributed by atoms with Crippen LogP contribution >= 0.6 is 0 Å². The SMILES string of the molecule is COCCN1C(=O)c2ccccc2NC1c1ccc(-c2ccc(S(=O)(=O)N(C)C)cc2)o1. The second-order valence-electron chi connectivity index (χ2n) is 7.60. The summed E-state index contributed by atoms with van der Waals surface area (Å²) >= 11 is 0. The lowest BCUT2D eigenvalue weighted by molar-refractivity contribution is 0.0587. The summed E-state index contributed by atoms with van der Waals surface area (Å²) in [6, 6.07) is 17.5. The second-order valence-corrected chi connectivity index (χ2v) is 9.75. The fourth-order valence-corrected chi connectivity index (χ4v) is 4.50. The third-order valence-corrected chi connectivity index (χ3v) is 7.20. The van der Waals surface area contributed by atoms with E-state index >= 15 is 0 Å². The first-order chi connectivity index (χ1) is 15.3. The van der Waals surface area contributed by atoms with Crippen LogP contribution in [-0.4, -0.2) is 57.9 Å². The highest BCUT2D eigenvalue weighted by Gasteiger charge is 2.34. The molecule has 0 bridgehead atoms. The number of ether oxygens (including phenoxy) is 1. The van der Waals surface area contributed by atoms with Gasteiger partial charge in [-0.25, -0.2) is 12.7 Å². The van der Waals surface area contributed by atoms with Gasteiger partial charge in [0.25, 0.3) is 5.91 Å². The first-order valence-electron chi connectivity index (χ1n) is 10.1. The summed E-state index contributed by atoms with van der Waals surface area (Å²) in [6.45, 7) is 0.788. The molecule has 0 saturated heterocycles. The highest BCUT2D eigenvalue weighted by atomic mass is 32.2. The molecule has 1 amide bonds. The van der Waals surface area contributed by atoms with Crippen LogP contribution in [0, 0.1) is 0 Å². The molecule has 9 heteroatoms. The Morgan fingerprint density at radius 2 is 1.78 bits per heavy atom. The lowest BCUT2D eigenvalue weighted by Gasteiger charge is -2.36. The smallest absolute Gasteiger partial charge is 0.258 e.